The van der Waals surface area contributed by atoms with Gasteiger partial charge >= 0.3 is 0 Å². The van der Waals surface area contributed by atoms with Crippen molar-refractivity contribution < 1.29 is 4.74 Å². The average molecular weight is 269 g/mol. The fraction of sp³-hybridized carbons (Fsp3) is 0.417. The quantitative estimate of drug-likeness (QED) is 0.910. The molecule has 1 aromatic heterocycles. The van der Waals surface area contributed by atoms with E-state index in [9.17, 15) is 0 Å². The van der Waals surface area contributed by atoms with Crippen LogP contribution in [-0.2, 0) is 4.74 Å². The summed E-state index contributed by atoms with van der Waals surface area (Å²) in [7, 11) is 0. The summed E-state index contributed by atoms with van der Waals surface area (Å²) in [6, 6.07) is 5.80. The fourth-order valence-corrected chi connectivity index (χ4v) is 3.46. The largest absolute Gasteiger partial charge is 0.366 e. The van der Waals surface area contributed by atoms with Crippen LogP contribution < -0.4 is 5.73 Å². The maximum absolute atomic E-state index is 6.14. The molecule has 1 aliphatic heterocycles. The summed E-state index contributed by atoms with van der Waals surface area (Å²) >= 11 is 7.77. The highest BCUT2D eigenvalue weighted by Crippen LogP contribution is 2.38. The number of benzene rings is 1. The van der Waals surface area contributed by atoms with E-state index in [0.29, 0.717) is 6.54 Å². The summed E-state index contributed by atoms with van der Waals surface area (Å²) in [5, 5.41) is 1.78. The molecule has 1 aromatic carbocycles. The van der Waals surface area contributed by atoms with Gasteiger partial charge in [0.1, 0.15) is 11.1 Å². The Morgan fingerprint density at radius 3 is 3.06 bits per heavy atom. The number of nitrogens with zero attached hydrogens (tertiary/aromatic N) is 1. The lowest BCUT2D eigenvalue weighted by molar-refractivity contribution is 0.0498. The van der Waals surface area contributed by atoms with Crippen LogP contribution in [0, 0.1) is 0 Å². The fourth-order valence-electron chi connectivity index (χ4n) is 2.13. The number of hydrogen-bond donors (Lipinski definition) is 1. The van der Waals surface area contributed by atoms with Crippen molar-refractivity contribution in [3.63, 3.8) is 0 Å². The second-order valence-corrected chi connectivity index (χ2v) is 5.64. The van der Waals surface area contributed by atoms with Crippen molar-refractivity contribution in [2.45, 2.75) is 25.0 Å². The Hall–Kier alpha value is -0.680. The lowest BCUT2D eigenvalue weighted by Gasteiger charge is -2.08. The lowest BCUT2D eigenvalue weighted by atomic mass is 10.2. The summed E-state index contributed by atoms with van der Waals surface area (Å²) in [6.07, 6.45) is 2.30. The lowest BCUT2D eigenvalue weighted by Crippen LogP contribution is -2.18. The van der Waals surface area contributed by atoms with Crippen molar-refractivity contribution in [2.75, 3.05) is 6.54 Å². The van der Waals surface area contributed by atoms with Gasteiger partial charge in [-0.3, -0.25) is 0 Å². The summed E-state index contributed by atoms with van der Waals surface area (Å²) in [5.41, 5.74) is 6.57. The highest BCUT2D eigenvalue weighted by molar-refractivity contribution is 7.19. The first-order valence-electron chi connectivity index (χ1n) is 5.68. The van der Waals surface area contributed by atoms with Crippen LogP contribution in [0.25, 0.3) is 10.2 Å². The molecule has 0 aliphatic carbocycles. The Labute approximate surface area is 109 Å². The van der Waals surface area contributed by atoms with E-state index in [1.807, 2.05) is 18.2 Å². The molecule has 0 bridgehead atoms. The topological polar surface area (TPSA) is 48.1 Å². The van der Waals surface area contributed by atoms with Gasteiger partial charge in [0.2, 0.25) is 0 Å². The molecule has 0 amide bonds. The van der Waals surface area contributed by atoms with Crippen LogP contribution in [0.5, 0.6) is 0 Å². The predicted molar refractivity (Wildman–Crippen MR) is 70.5 cm³/mol. The SMILES string of the molecule is NCC1CCC(c2nc3cccc(Cl)c3s2)O1. The number of nitrogens with two attached hydrogens (primary N) is 1. The molecule has 3 nitrogen and oxygen atoms in total. The van der Waals surface area contributed by atoms with Gasteiger partial charge in [0.25, 0.3) is 0 Å². The van der Waals surface area contributed by atoms with Crippen molar-refractivity contribution >= 4 is 33.2 Å². The van der Waals surface area contributed by atoms with Crippen molar-refractivity contribution in [3.8, 4) is 0 Å². The normalized spacial score (nSPS) is 24.6. The third-order valence-electron chi connectivity index (χ3n) is 3.03. The van der Waals surface area contributed by atoms with Gasteiger partial charge in [-0.05, 0) is 25.0 Å². The van der Waals surface area contributed by atoms with Crippen molar-refractivity contribution in [2.24, 2.45) is 5.73 Å². The Balaban J connectivity index is 1.94. The smallest absolute Gasteiger partial charge is 0.123 e. The van der Waals surface area contributed by atoms with Crippen LogP contribution in [0.1, 0.15) is 24.0 Å². The Morgan fingerprint density at radius 1 is 1.47 bits per heavy atom. The van der Waals surface area contributed by atoms with Gasteiger partial charge in [0.05, 0.1) is 21.3 Å². The summed E-state index contributed by atoms with van der Waals surface area (Å²) in [5.74, 6) is 0. The minimum Gasteiger partial charge on any atom is -0.366 e. The summed E-state index contributed by atoms with van der Waals surface area (Å²) in [6.45, 7) is 0.585. The first-order chi connectivity index (χ1) is 8.28. The van der Waals surface area contributed by atoms with E-state index in [2.05, 4.69) is 4.98 Å². The number of thiazole rings is 1. The van der Waals surface area contributed by atoms with E-state index in [4.69, 9.17) is 22.1 Å². The molecular formula is C12H13ClN2OS. The monoisotopic (exact) mass is 268 g/mol. The first-order valence-corrected chi connectivity index (χ1v) is 6.88. The predicted octanol–water partition coefficient (Wildman–Crippen LogP) is 3.13. The van der Waals surface area contributed by atoms with E-state index >= 15 is 0 Å². The van der Waals surface area contributed by atoms with E-state index in [0.717, 1.165) is 33.1 Å². The van der Waals surface area contributed by atoms with E-state index in [1.54, 1.807) is 11.3 Å². The second-order valence-electron chi connectivity index (χ2n) is 4.20. The Bertz CT molecular complexity index is 542. The molecule has 1 aliphatic rings. The maximum Gasteiger partial charge on any atom is 0.123 e. The summed E-state index contributed by atoms with van der Waals surface area (Å²) < 4.78 is 6.89. The molecule has 1 saturated heterocycles. The van der Waals surface area contributed by atoms with Gasteiger partial charge in [0, 0.05) is 6.54 Å². The average Bonchev–Trinajstić information content (AvgIpc) is 2.95. The van der Waals surface area contributed by atoms with Gasteiger partial charge < -0.3 is 10.5 Å². The number of ether oxygens (including phenoxy) is 1. The highest BCUT2D eigenvalue weighted by Gasteiger charge is 2.28. The van der Waals surface area contributed by atoms with Crippen LogP contribution in [-0.4, -0.2) is 17.6 Å². The number of hydrogen-bond acceptors (Lipinski definition) is 4. The molecule has 2 N–H and O–H groups in total. The molecule has 2 atom stereocenters. The zero-order valence-corrected chi connectivity index (χ0v) is 10.8. The molecule has 5 heteroatoms. The van der Waals surface area contributed by atoms with Gasteiger partial charge in [-0.15, -0.1) is 11.3 Å². The standard InChI is InChI=1S/C12H13ClN2OS/c13-8-2-1-3-9-11(8)17-12(15-9)10-5-4-7(6-14)16-10/h1-3,7,10H,4-6,14H2. The molecule has 17 heavy (non-hydrogen) atoms. The molecule has 3 rings (SSSR count). The maximum atomic E-state index is 6.14. The third-order valence-corrected chi connectivity index (χ3v) is 4.65. The molecule has 90 valence electrons. The number of aromatic nitrogens is 1. The molecule has 0 saturated carbocycles. The van der Waals surface area contributed by atoms with Crippen LogP contribution in [0.3, 0.4) is 0 Å². The summed E-state index contributed by atoms with van der Waals surface area (Å²) in [4.78, 5) is 4.59. The molecule has 0 radical (unpaired) electrons. The minimum atomic E-state index is 0.0945. The van der Waals surface area contributed by atoms with E-state index in [-0.39, 0.29) is 12.2 Å². The zero-order chi connectivity index (χ0) is 11.8. The van der Waals surface area contributed by atoms with Gasteiger partial charge in [-0.25, -0.2) is 4.98 Å². The molecule has 1 fully saturated rings. The first kappa shape index (κ1) is 11.4. The van der Waals surface area contributed by atoms with Gasteiger partial charge in [0.15, 0.2) is 0 Å². The number of rotatable bonds is 2. The molecular weight excluding hydrogens is 256 g/mol. The van der Waals surface area contributed by atoms with Crippen molar-refractivity contribution in [3.05, 3.63) is 28.2 Å². The zero-order valence-electron chi connectivity index (χ0n) is 9.23. The molecule has 2 heterocycles. The highest BCUT2D eigenvalue weighted by atomic mass is 35.5. The molecule has 0 spiro atoms. The van der Waals surface area contributed by atoms with Crippen LogP contribution in [0.2, 0.25) is 5.02 Å². The van der Waals surface area contributed by atoms with Crippen LogP contribution in [0.15, 0.2) is 18.2 Å². The minimum absolute atomic E-state index is 0.0945. The van der Waals surface area contributed by atoms with Gasteiger partial charge in [-0.1, -0.05) is 17.7 Å². The van der Waals surface area contributed by atoms with Crippen molar-refractivity contribution in [1.29, 1.82) is 0 Å². The molecule has 2 unspecified atom stereocenters. The molecule has 2 aromatic rings. The van der Waals surface area contributed by atoms with E-state index < -0.39 is 0 Å². The number of fused-ring (bicyclic) bond motifs is 1. The van der Waals surface area contributed by atoms with Crippen molar-refractivity contribution in [1.82, 2.24) is 4.98 Å². The van der Waals surface area contributed by atoms with Gasteiger partial charge in [-0.2, -0.15) is 0 Å². The van der Waals surface area contributed by atoms with Crippen LogP contribution in [0.4, 0.5) is 0 Å². The Kier molecular flexibility index (Phi) is 3.04. The Morgan fingerprint density at radius 2 is 2.35 bits per heavy atom. The number of halogens is 1. The van der Waals surface area contributed by atoms with Crippen LogP contribution >= 0.6 is 22.9 Å². The third kappa shape index (κ3) is 2.06. The van der Waals surface area contributed by atoms with E-state index in [1.165, 1.54) is 0 Å². The second kappa shape index (κ2) is 4.53.